The fourth-order valence-corrected chi connectivity index (χ4v) is 11.6. The zero-order valence-electron chi connectivity index (χ0n) is 24.3. The maximum absolute atomic E-state index is 13.0. The van der Waals surface area contributed by atoms with Crippen molar-refractivity contribution in [3.8, 4) is 0 Å². The summed E-state index contributed by atoms with van der Waals surface area (Å²) in [5, 5.41) is 1.89. The van der Waals surface area contributed by atoms with Crippen molar-refractivity contribution in [1.29, 1.82) is 0 Å². The highest BCUT2D eigenvalue weighted by Crippen LogP contribution is 2.55. The molecule has 0 saturated carbocycles. The Morgan fingerprint density at radius 3 is 2.02 bits per heavy atom. The van der Waals surface area contributed by atoms with E-state index in [0.29, 0.717) is 0 Å². The normalized spacial score (nSPS) is 26.2. The van der Waals surface area contributed by atoms with Crippen LogP contribution in [0.1, 0.15) is 41.5 Å². The smallest absolute Gasteiger partial charge is 0.445 e. The average Bonchev–Trinajstić information content (AvgIpc) is 2.86. The van der Waals surface area contributed by atoms with E-state index in [-0.39, 0.29) is 6.61 Å². The summed E-state index contributed by atoms with van der Waals surface area (Å²) in [7, 11) is -3.12. The molecule has 1 N–H and O–H groups in total. The van der Waals surface area contributed by atoms with E-state index in [1.807, 2.05) is 71.9 Å². The molecule has 9 nitrogen and oxygen atoms in total. The van der Waals surface area contributed by atoms with E-state index in [1.165, 1.54) is 11.8 Å². The summed E-state index contributed by atoms with van der Waals surface area (Å²) in [5.41, 5.74) is -0.819. The zero-order valence-corrected chi connectivity index (χ0v) is 30.7. The van der Waals surface area contributed by atoms with Crippen molar-refractivity contribution in [2.45, 2.75) is 93.9 Å². The first kappa shape index (κ1) is 37.4. The van der Waals surface area contributed by atoms with E-state index >= 15 is 0 Å². The Hall–Kier alpha value is -0.0531. The first-order valence-electron chi connectivity index (χ1n) is 13.2. The van der Waals surface area contributed by atoms with E-state index < -0.39 is 81.5 Å². The van der Waals surface area contributed by atoms with Crippen LogP contribution in [0.4, 0.5) is 9.59 Å². The number of hydrogen-bond acceptors (Lipinski definition) is 9. The Morgan fingerprint density at radius 2 is 1.49 bits per heavy atom. The predicted octanol–water partition coefficient (Wildman–Crippen LogP) is 8.32. The first-order chi connectivity index (χ1) is 19.6. The van der Waals surface area contributed by atoms with Crippen molar-refractivity contribution in [1.82, 2.24) is 5.32 Å². The number of alkyl halides is 6. The fraction of sp³-hybridized carbons (Fsp3) is 0.692. The standard InChI is InChI=1S/C26H35Cl6NO8SSi/c1-23(2,3)43(24(4,5)6)38-12-16-18(41-43)19(40-22(35)37-14-26(30,31)32)17(33-21(34)36-13-25(27,28)29)20(39-16)42-15-10-8-7-9-11-15/h7-11,16-20H,12-14H2,1-6H3,(H,33,34)/t16?,17?,18-,19+,20-/m0/s1. The van der Waals surface area contributed by atoms with Gasteiger partial charge in [0.25, 0.3) is 0 Å². The van der Waals surface area contributed by atoms with Crippen LogP contribution in [0.2, 0.25) is 10.1 Å². The number of carbonyl (C=O) groups excluding carboxylic acids is 2. The van der Waals surface area contributed by atoms with Crippen molar-refractivity contribution in [2.24, 2.45) is 0 Å². The third-order valence-corrected chi connectivity index (χ3v) is 13.6. The molecule has 2 saturated heterocycles. The van der Waals surface area contributed by atoms with E-state index in [4.69, 9.17) is 97.4 Å². The van der Waals surface area contributed by atoms with Gasteiger partial charge in [-0.05, 0) is 12.1 Å². The number of ether oxygens (including phenoxy) is 4. The summed E-state index contributed by atoms with van der Waals surface area (Å²) >= 11 is 36.0. The van der Waals surface area contributed by atoms with E-state index in [9.17, 15) is 9.59 Å². The highest BCUT2D eigenvalue weighted by atomic mass is 35.6. The quantitative estimate of drug-likeness (QED) is 0.174. The SMILES string of the molecule is CC(C)(C)[Si]1(C(C)(C)C)OCC2O[C@@H](Sc3ccccc3)C(NC(=O)OCC(Cl)(Cl)Cl)[C@@H](OC(=O)OCC(Cl)(Cl)Cl)[C@H]2O1. The van der Waals surface area contributed by atoms with E-state index in [1.54, 1.807) is 0 Å². The first-order valence-corrected chi connectivity index (χ1v) is 18.2. The fourth-order valence-electron chi connectivity index (χ4n) is 5.15. The van der Waals surface area contributed by atoms with Gasteiger partial charge in [-0.15, -0.1) is 0 Å². The van der Waals surface area contributed by atoms with Crippen molar-refractivity contribution < 1.29 is 37.4 Å². The van der Waals surface area contributed by atoms with Gasteiger partial charge in [-0.25, -0.2) is 9.59 Å². The van der Waals surface area contributed by atoms with Crippen LogP contribution in [0.25, 0.3) is 0 Å². The lowest BCUT2D eigenvalue weighted by molar-refractivity contribution is -0.198. The summed E-state index contributed by atoms with van der Waals surface area (Å²) in [6, 6.07) is 8.27. The van der Waals surface area contributed by atoms with E-state index in [0.717, 1.165) is 4.90 Å². The number of benzene rings is 1. The van der Waals surface area contributed by atoms with Gasteiger partial charge in [0.05, 0.1) is 6.61 Å². The van der Waals surface area contributed by atoms with Crippen LogP contribution in [0.3, 0.4) is 0 Å². The van der Waals surface area contributed by atoms with Gasteiger partial charge in [0.15, 0.2) is 6.10 Å². The minimum Gasteiger partial charge on any atom is -0.445 e. The molecule has 0 aliphatic carbocycles. The van der Waals surface area contributed by atoms with Crippen LogP contribution in [-0.2, 0) is 27.8 Å². The number of nitrogens with one attached hydrogen (secondary N) is 1. The third kappa shape index (κ3) is 10.2. The molecule has 2 unspecified atom stereocenters. The molecule has 1 aromatic rings. The van der Waals surface area contributed by atoms with Crippen LogP contribution in [0, 0.1) is 0 Å². The molecule has 0 spiro atoms. The molecule has 2 aliphatic rings. The van der Waals surface area contributed by atoms with Gasteiger partial charge in [0, 0.05) is 15.0 Å². The summed E-state index contributed by atoms with van der Waals surface area (Å²) in [5.74, 6) is 0. The predicted molar refractivity (Wildman–Crippen MR) is 172 cm³/mol. The molecular formula is C26H35Cl6NO8SSi. The van der Waals surface area contributed by atoms with Gasteiger partial charge in [-0.2, -0.15) is 0 Å². The molecule has 17 heteroatoms. The number of amides is 1. The summed E-state index contributed by atoms with van der Waals surface area (Å²) < 4.78 is 32.4. The molecule has 0 bridgehead atoms. The van der Waals surface area contributed by atoms with E-state index in [2.05, 4.69) is 5.32 Å². The minimum atomic E-state index is -3.12. The van der Waals surface area contributed by atoms with Gasteiger partial charge < -0.3 is 33.1 Å². The van der Waals surface area contributed by atoms with Crippen LogP contribution in [-0.4, -0.2) is 78.0 Å². The Morgan fingerprint density at radius 1 is 0.930 bits per heavy atom. The monoisotopic (exact) mass is 759 g/mol. The second-order valence-electron chi connectivity index (χ2n) is 12.1. The van der Waals surface area contributed by atoms with Gasteiger partial charge in [0.1, 0.15) is 36.9 Å². The third-order valence-electron chi connectivity index (χ3n) is 6.61. The molecular weight excluding hydrogens is 727 g/mol. The summed E-state index contributed by atoms with van der Waals surface area (Å²) in [6.45, 7) is 11.3. The molecule has 244 valence electrons. The Bertz CT molecular complexity index is 1100. The molecule has 2 heterocycles. The highest BCUT2D eigenvalue weighted by molar-refractivity contribution is 7.99. The highest BCUT2D eigenvalue weighted by Gasteiger charge is 2.65. The molecule has 2 aliphatic heterocycles. The molecule has 2 fully saturated rings. The molecule has 5 atom stereocenters. The van der Waals surface area contributed by atoms with Crippen LogP contribution >= 0.6 is 81.4 Å². The maximum Gasteiger partial charge on any atom is 0.508 e. The average molecular weight is 762 g/mol. The molecule has 1 aromatic carbocycles. The van der Waals surface area contributed by atoms with Crippen LogP contribution < -0.4 is 5.32 Å². The summed E-state index contributed by atoms with van der Waals surface area (Å²) in [6.07, 6.45) is -4.82. The number of halogens is 6. The lowest BCUT2D eigenvalue weighted by Crippen LogP contribution is -2.73. The Kier molecular flexibility index (Phi) is 12.5. The van der Waals surface area contributed by atoms with Crippen molar-refractivity contribution >= 4 is 102 Å². The molecule has 3 rings (SSSR count). The van der Waals surface area contributed by atoms with Gasteiger partial charge in [0.2, 0.25) is 7.59 Å². The number of thioether (sulfide) groups is 1. The largest absolute Gasteiger partial charge is 0.508 e. The zero-order chi connectivity index (χ0) is 32.4. The van der Waals surface area contributed by atoms with Gasteiger partial charge >= 0.3 is 20.8 Å². The lowest BCUT2D eigenvalue weighted by Gasteiger charge is -2.57. The maximum atomic E-state index is 13.0. The Balaban J connectivity index is 2.04. The Labute approximate surface area is 287 Å². The summed E-state index contributed by atoms with van der Waals surface area (Å²) in [4.78, 5) is 26.8. The second kappa shape index (κ2) is 14.4. The number of carbonyl (C=O) groups is 2. The van der Waals surface area contributed by atoms with Gasteiger partial charge in [-0.1, -0.05) is 141 Å². The number of fused-ring (bicyclic) bond motifs is 1. The van der Waals surface area contributed by atoms with Crippen molar-refractivity contribution in [2.75, 3.05) is 19.8 Å². The molecule has 1 amide bonds. The topological polar surface area (TPSA) is 102 Å². The molecule has 43 heavy (non-hydrogen) atoms. The lowest BCUT2D eigenvalue weighted by atomic mass is 9.98. The van der Waals surface area contributed by atoms with Crippen LogP contribution in [0.5, 0.6) is 0 Å². The minimum absolute atomic E-state index is 0.158. The second-order valence-corrected chi connectivity index (χ2v) is 23.0. The number of alkyl carbamates (subject to hydrolysis) is 1. The van der Waals surface area contributed by atoms with Crippen molar-refractivity contribution in [3.63, 3.8) is 0 Å². The number of hydrogen-bond donors (Lipinski definition) is 1. The van der Waals surface area contributed by atoms with Gasteiger partial charge in [-0.3, -0.25) is 0 Å². The molecule has 0 aromatic heterocycles. The van der Waals surface area contributed by atoms with Crippen LogP contribution in [0.15, 0.2) is 35.2 Å². The molecule has 0 radical (unpaired) electrons. The van der Waals surface area contributed by atoms with Crippen molar-refractivity contribution in [3.05, 3.63) is 30.3 Å². The number of rotatable bonds is 6.